The number of aromatic nitrogens is 2. The van der Waals surface area contributed by atoms with Crippen molar-refractivity contribution in [2.24, 2.45) is 0 Å². The molecule has 0 aliphatic carbocycles. The third-order valence-electron chi connectivity index (χ3n) is 4.59. The van der Waals surface area contributed by atoms with Crippen molar-refractivity contribution in [3.8, 4) is 11.3 Å². The fourth-order valence-corrected chi connectivity index (χ4v) is 3.24. The van der Waals surface area contributed by atoms with Gasteiger partial charge in [0.05, 0.1) is 12.3 Å². The maximum absolute atomic E-state index is 11.9. The van der Waals surface area contributed by atoms with Crippen molar-refractivity contribution < 1.29 is 9.53 Å². The van der Waals surface area contributed by atoms with Crippen LogP contribution < -0.4 is 10.6 Å². The zero-order chi connectivity index (χ0) is 19.9. The van der Waals surface area contributed by atoms with Crippen LogP contribution >= 0.6 is 0 Å². The number of ether oxygens (including phenoxy) is 1. The predicted octanol–water partition coefficient (Wildman–Crippen LogP) is 4.00. The van der Waals surface area contributed by atoms with Crippen LogP contribution in [0.15, 0.2) is 36.4 Å². The van der Waals surface area contributed by atoms with E-state index in [1.807, 2.05) is 43.3 Å². The van der Waals surface area contributed by atoms with Crippen LogP contribution in [0.1, 0.15) is 33.6 Å². The molecule has 1 amide bonds. The van der Waals surface area contributed by atoms with Crippen molar-refractivity contribution in [2.45, 2.75) is 45.7 Å². The first-order valence-corrected chi connectivity index (χ1v) is 9.94. The lowest BCUT2D eigenvalue weighted by molar-refractivity contribution is 0.0983. The zero-order valence-corrected chi connectivity index (χ0v) is 16.8. The highest BCUT2D eigenvalue weighted by Crippen LogP contribution is 2.23. The van der Waals surface area contributed by atoms with E-state index in [2.05, 4.69) is 29.5 Å². The van der Waals surface area contributed by atoms with Crippen LogP contribution in [-0.2, 0) is 4.74 Å². The first kappa shape index (κ1) is 19.9. The summed E-state index contributed by atoms with van der Waals surface area (Å²) in [5, 5.41) is 6.82. The number of carbonyl (C=O) groups excluding carboxylic acids is 1. The predicted molar refractivity (Wildman–Crippen MR) is 111 cm³/mol. The Morgan fingerprint density at radius 3 is 2.57 bits per heavy atom. The molecule has 1 fully saturated rings. The molecule has 1 aliphatic heterocycles. The molecule has 150 valence electrons. The van der Waals surface area contributed by atoms with Gasteiger partial charge in [0.25, 0.3) is 0 Å². The Balaban J connectivity index is 1.72. The Kier molecular flexibility index (Phi) is 6.68. The summed E-state index contributed by atoms with van der Waals surface area (Å²) in [4.78, 5) is 23.0. The highest BCUT2D eigenvalue weighted by molar-refractivity contribution is 5.67. The average Bonchev–Trinajstić information content (AvgIpc) is 2.69. The summed E-state index contributed by atoms with van der Waals surface area (Å²) in [5.41, 5.74) is 1.93. The number of nitrogens with one attached hydrogen (secondary N) is 2. The van der Waals surface area contributed by atoms with Gasteiger partial charge in [0, 0.05) is 36.8 Å². The maximum atomic E-state index is 11.9. The number of likely N-dealkylation sites (tertiary alicyclic amines) is 1. The van der Waals surface area contributed by atoms with Gasteiger partial charge in [0.2, 0.25) is 5.95 Å². The molecule has 2 aromatic rings. The summed E-state index contributed by atoms with van der Waals surface area (Å²) >= 11 is 0. The van der Waals surface area contributed by atoms with Crippen LogP contribution in [0.25, 0.3) is 11.3 Å². The third kappa shape index (κ3) is 5.34. The number of hydrogen-bond acceptors (Lipinski definition) is 6. The van der Waals surface area contributed by atoms with E-state index in [0.29, 0.717) is 25.6 Å². The SMILES string of the molecule is CCOC(=O)N1CCC(Nc2nc(NC(C)C)cc(-c3ccccc3)n2)CC1. The molecule has 0 saturated carbocycles. The zero-order valence-electron chi connectivity index (χ0n) is 16.8. The molecule has 0 radical (unpaired) electrons. The number of rotatable bonds is 6. The molecule has 2 heterocycles. The summed E-state index contributed by atoms with van der Waals surface area (Å²) in [5.74, 6) is 1.41. The van der Waals surface area contributed by atoms with E-state index >= 15 is 0 Å². The Labute approximate surface area is 166 Å². The van der Waals surface area contributed by atoms with Crippen LogP contribution in [0.5, 0.6) is 0 Å². The average molecular weight is 383 g/mol. The minimum atomic E-state index is -0.230. The number of piperidine rings is 1. The number of anilines is 2. The molecule has 1 aromatic heterocycles. The monoisotopic (exact) mass is 383 g/mol. The second-order valence-corrected chi connectivity index (χ2v) is 7.23. The lowest BCUT2D eigenvalue weighted by Crippen LogP contribution is -2.42. The summed E-state index contributed by atoms with van der Waals surface area (Å²) in [6.07, 6.45) is 1.45. The van der Waals surface area contributed by atoms with Crippen molar-refractivity contribution in [3.63, 3.8) is 0 Å². The summed E-state index contributed by atoms with van der Waals surface area (Å²) in [7, 11) is 0. The van der Waals surface area contributed by atoms with Crippen LogP contribution in [0.2, 0.25) is 0 Å². The van der Waals surface area contributed by atoms with Gasteiger partial charge in [-0.15, -0.1) is 0 Å². The lowest BCUT2D eigenvalue weighted by Gasteiger charge is -2.31. The molecule has 1 aromatic carbocycles. The highest BCUT2D eigenvalue weighted by atomic mass is 16.6. The van der Waals surface area contributed by atoms with Crippen molar-refractivity contribution in [1.82, 2.24) is 14.9 Å². The van der Waals surface area contributed by atoms with E-state index in [1.54, 1.807) is 4.90 Å². The molecule has 0 unspecified atom stereocenters. The standard InChI is InChI=1S/C21H29N5O2/c1-4-28-21(27)26-12-10-17(11-13-26)23-20-24-18(16-8-6-5-7-9-16)14-19(25-20)22-15(2)3/h5-9,14-15,17H,4,10-13H2,1-3H3,(H2,22,23,24,25). The Hall–Kier alpha value is -2.83. The highest BCUT2D eigenvalue weighted by Gasteiger charge is 2.24. The normalized spacial score (nSPS) is 14.8. The van der Waals surface area contributed by atoms with Gasteiger partial charge in [-0.3, -0.25) is 0 Å². The number of amides is 1. The Morgan fingerprint density at radius 1 is 1.21 bits per heavy atom. The molecule has 0 spiro atoms. The smallest absolute Gasteiger partial charge is 0.409 e. The molecule has 7 nitrogen and oxygen atoms in total. The maximum Gasteiger partial charge on any atom is 0.409 e. The lowest BCUT2D eigenvalue weighted by atomic mass is 10.1. The van der Waals surface area contributed by atoms with E-state index < -0.39 is 0 Å². The van der Waals surface area contributed by atoms with E-state index in [-0.39, 0.29) is 18.2 Å². The van der Waals surface area contributed by atoms with Gasteiger partial charge >= 0.3 is 6.09 Å². The minimum absolute atomic E-state index is 0.226. The van der Waals surface area contributed by atoms with Crippen LogP contribution in [0, 0.1) is 0 Å². The largest absolute Gasteiger partial charge is 0.450 e. The molecule has 0 atom stereocenters. The van der Waals surface area contributed by atoms with E-state index in [9.17, 15) is 4.79 Å². The first-order chi connectivity index (χ1) is 13.5. The fraction of sp³-hybridized carbons (Fsp3) is 0.476. The molecule has 1 saturated heterocycles. The summed E-state index contributed by atoms with van der Waals surface area (Å²) in [6.45, 7) is 7.75. The summed E-state index contributed by atoms with van der Waals surface area (Å²) < 4.78 is 5.09. The van der Waals surface area contributed by atoms with E-state index in [4.69, 9.17) is 9.72 Å². The number of carbonyl (C=O) groups is 1. The second-order valence-electron chi connectivity index (χ2n) is 7.23. The molecular weight excluding hydrogens is 354 g/mol. The van der Waals surface area contributed by atoms with Crippen molar-refractivity contribution in [3.05, 3.63) is 36.4 Å². The van der Waals surface area contributed by atoms with Gasteiger partial charge in [-0.25, -0.2) is 9.78 Å². The minimum Gasteiger partial charge on any atom is -0.450 e. The van der Waals surface area contributed by atoms with Crippen molar-refractivity contribution in [1.29, 1.82) is 0 Å². The number of benzene rings is 1. The first-order valence-electron chi connectivity index (χ1n) is 9.94. The number of nitrogens with zero attached hydrogens (tertiary/aromatic N) is 3. The topological polar surface area (TPSA) is 79.4 Å². The third-order valence-corrected chi connectivity index (χ3v) is 4.59. The molecule has 2 N–H and O–H groups in total. The van der Waals surface area contributed by atoms with Crippen molar-refractivity contribution in [2.75, 3.05) is 30.3 Å². The summed E-state index contributed by atoms with van der Waals surface area (Å²) in [6, 6.07) is 12.6. The fourth-order valence-electron chi connectivity index (χ4n) is 3.24. The molecule has 1 aliphatic rings. The Morgan fingerprint density at radius 2 is 1.93 bits per heavy atom. The van der Waals surface area contributed by atoms with Gasteiger partial charge in [0.1, 0.15) is 5.82 Å². The van der Waals surface area contributed by atoms with Crippen LogP contribution in [0.3, 0.4) is 0 Å². The van der Waals surface area contributed by atoms with Gasteiger partial charge in [-0.05, 0) is 33.6 Å². The molecule has 0 bridgehead atoms. The van der Waals surface area contributed by atoms with Gasteiger partial charge < -0.3 is 20.3 Å². The molecule has 3 rings (SSSR count). The molecular formula is C21H29N5O2. The van der Waals surface area contributed by atoms with Crippen LogP contribution in [0.4, 0.5) is 16.6 Å². The van der Waals surface area contributed by atoms with Gasteiger partial charge in [0.15, 0.2) is 0 Å². The second kappa shape index (κ2) is 9.39. The molecule has 28 heavy (non-hydrogen) atoms. The van der Waals surface area contributed by atoms with Crippen molar-refractivity contribution >= 4 is 17.9 Å². The van der Waals surface area contributed by atoms with Gasteiger partial charge in [-0.2, -0.15) is 4.98 Å². The van der Waals surface area contributed by atoms with E-state index in [0.717, 1.165) is 29.9 Å². The quantitative estimate of drug-likeness (QED) is 0.785. The molecule has 7 heteroatoms. The van der Waals surface area contributed by atoms with Gasteiger partial charge in [-0.1, -0.05) is 30.3 Å². The Bertz CT molecular complexity index is 774. The van der Waals surface area contributed by atoms with Crippen LogP contribution in [-0.4, -0.2) is 52.7 Å². The van der Waals surface area contributed by atoms with E-state index in [1.165, 1.54) is 0 Å². The number of hydrogen-bond donors (Lipinski definition) is 2.